The lowest BCUT2D eigenvalue weighted by molar-refractivity contribution is 0.503. The maximum atomic E-state index is 4.44. The summed E-state index contributed by atoms with van der Waals surface area (Å²) in [6.07, 6.45) is 5.01. The van der Waals surface area contributed by atoms with E-state index in [0.29, 0.717) is 11.8 Å². The minimum Gasteiger partial charge on any atom is -0.316 e. The summed E-state index contributed by atoms with van der Waals surface area (Å²) in [6, 6.07) is 0. The molecular formula is C12H20N4. The Labute approximate surface area is 96.4 Å². The van der Waals surface area contributed by atoms with Crippen LogP contribution in [0, 0.1) is 5.92 Å². The first-order chi connectivity index (χ1) is 7.86. The van der Waals surface area contributed by atoms with Crippen molar-refractivity contribution in [3.05, 3.63) is 11.6 Å². The summed E-state index contributed by atoms with van der Waals surface area (Å²) < 4.78 is 2.39. The van der Waals surface area contributed by atoms with Crippen LogP contribution in [0.2, 0.25) is 0 Å². The van der Waals surface area contributed by atoms with Gasteiger partial charge in [-0.25, -0.2) is 0 Å². The number of nitrogens with one attached hydrogen (secondary N) is 1. The lowest BCUT2D eigenvalue weighted by Crippen LogP contribution is -2.15. The monoisotopic (exact) mass is 220 g/mol. The third-order valence-electron chi connectivity index (χ3n) is 3.99. The van der Waals surface area contributed by atoms with E-state index < -0.39 is 0 Å². The van der Waals surface area contributed by atoms with Gasteiger partial charge in [-0.15, -0.1) is 10.2 Å². The van der Waals surface area contributed by atoms with Crippen LogP contribution in [0.3, 0.4) is 0 Å². The first-order valence-electron chi connectivity index (χ1n) is 6.49. The summed E-state index contributed by atoms with van der Waals surface area (Å²) >= 11 is 0. The number of aryl methyl sites for hydroxylation is 1. The molecule has 0 spiro atoms. The molecule has 1 N–H and O–H groups in total. The first-order valence-corrected chi connectivity index (χ1v) is 6.49. The Kier molecular flexibility index (Phi) is 2.67. The highest BCUT2D eigenvalue weighted by Gasteiger charge is 2.30. The van der Waals surface area contributed by atoms with Gasteiger partial charge in [0.1, 0.15) is 11.6 Å². The summed E-state index contributed by atoms with van der Waals surface area (Å²) in [6.45, 7) is 5.62. The molecule has 0 aromatic carbocycles. The molecule has 2 unspecified atom stereocenters. The van der Waals surface area contributed by atoms with Gasteiger partial charge in [0.15, 0.2) is 0 Å². The lowest BCUT2D eigenvalue weighted by atomic mass is 9.97. The SMILES string of the molecule is CC1CNCC1c1nnc2n1CCCCC2. The number of rotatable bonds is 1. The number of hydrogen-bond donors (Lipinski definition) is 1. The predicted molar refractivity (Wildman–Crippen MR) is 62.4 cm³/mol. The van der Waals surface area contributed by atoms with Crippen LogP contribution in [0.25, 0.3) is 0 Å². The normalized spacial score (nSPS) is 30.1. The molecule has 3 heterocycles. The van der Waals surface area contributed by atoms with Crippen molar-refractivity contribution in [2.24, 2.45) is 5.92 Å². The van der Waals surface area contributed by atoms with E-state index in [1.54, 1.807) is 0 Å². The summed E-state index contributed by atoms with van der Waals surface area (Å²) in [4.78, 5) is 0. The van der Waals surface area contributed by atoms with E-state index >= 15 is 0 Å². The molecule has 1 aromatic rings. The van der Waals surface area contributed by atoms with Crippen molar-refractivity contribution in [3.63, 3.8) is 0 Å². The highest BCUT2D eigenvalue weighted by molar-refractivity contribution is 5.08. The summed E-state index contributed by atoms with van der Waals surface area (Å²) in [5.41, 5.74) is 0. The predicted octanol–water partition coefficient (Wildman–Crippen LogP) is 1.33. The van der Waals surface area contributed by atoms with Crippen LogP contribution in [0.4, 0.5) is 0 Å². The number of nitrogens with zero attached hydrogens (tertiary/aromatic N) is 3. The number of aromatic nitrogens is 3. The summed E-state index contributed by atoms with van der Waals surface area (Å²) in [7, 11) is 0. The topological polar surface area (TPSA) is 42.7 Å². The van der Waals surface area contributed by atoms with E-state index in [4.69, 9.17) is 0 Å². The quantitative estimate of drug-likeness (QED) is 0.776. The molecule has 0 saturated carbocycles. The second-order valence-corrected chi connectivity index (χ2v) is 5.18. The molecule has 0 bridgehead atoms. The second kappa shape index (κ2) is 4.17. The molecule has 1 saturated heterocycles. The molecule has 0 aliphatic carbocycles. The van der Waals surface area contributed by atoms with Crippen LogP contribution in [-0.4, -0.2) is 27.9 Å². The third-order valence-corrected chi connectivity index (χ3v) is 3.99. The minimum atomic E-state index is 0.569. The van der Waals surface area contributed by atoms with Gasteiger partial charge in [0.05, 0.1) is 0 Å². The Morgan fingerprint density at radius 3 is 2.94 bits per heavy atom. The molecule has 2 aliphatic rings. The smallest absolute Gasteiger partial charge is 0.137 e. The maximum Gasteiger partial charge on any atom is 0.137 e. The van der Waals surface area contributed by atoms with E-state index in [0.717, 1.165) is 26.1 Å². The summed E-state index contributed by atoms with van der Waals surface area (Å²) in [5, 5.41) is 12.3. The highest BCUT2D eigenvalue weighted by Crippen LogP contribution is 2.28. The molecule has 1 aromatic heterocycles. The minimum absolute atomic E-state index is 0.569. The first kappa shape index (κ1) is 10.3. The Hall–Kier alpha value is -0.900. The molecule has 1 fully saturated rings. The van der Waals surface area contributed by atoms with Crippen LogP contribution >= 0.6 is 0 Å². The van der Waals surface area contributed by atoms with E-state index in [-0.39, 0.29) is 0 Å². The van der Waals surface area contributed by atoms with Crippen molar-refractivity contribution in [1.82, 2.24) is 20.1 Å². The van der Waals surface area contributed by atoms with Gasteiger partial charge < -0.3 is 9.88 Å². The van der Waals surface area contributed by atoms with Crippen LogP contribution in [-0.2, 0) is 13.0 Å². The largest absolute Gasteiger partial charge is 0.316 e. The van der Waals surface area contributed by atoms with Gasteiger partial charge >= 0.3 is 0 Å². The molecule has 0 amide bonds. The van der Waals surface area contributed by atoms with Crippen molar-refractivity contribution in [2.45, 2.75) is 45.1 Å². The Balaban J connectivity index is 1.92. The molecular weight excluding hydrogens is 200 g/mol. The molecule has 2 aliphatic heterocycles. The molecule has 0 radical (unpaired) electrons. The van der Waals surface area contributed by atoms with Crippen LogP contribution in [0.1, 0.15) is 43.8 Å². The van der Waals surface area contributed by atoms with Crippen molar-refractivity contribution in [2.75, 3.05) is 13.1 Å². The van der Waals surface area contributed by atoms with Gasteiger partial charge in [0.25, 0.3) is 0 Å². The van der Waals surface area contributed by atoms with Crippen molar-refractivity contribution in [1.29, 1.82) is 0 Å². The van der Waals surface area contributed by atoms with E-state index in [9.17, 15) is 0 Å². The van der Waals surface area contributed by atoms with Crippen LogP contribution in [0.5, 0.6) is 0 Å². The van der Waals surface area contributed by atoms with Gasteiger partial charge in [-0.2, -0.15) is 0 Å². The van der Waals surface area contributed by atoms with E-state index in [2.05, 4.69) is 27.0 Å². The third kappa shape index (κ3) is 1.65. The molecule has 4 heteroatoms. The zero-order valence-corrected chi connectivity index (χ0v) is 9.95. The van der Waals surface area contributed by atoms with E-state index in [1.807, 2.05) is 0 Å². The average molecular weight is 220 g/mol. The van der Waals surface area contributed by atoms with Gasteiger partial charge in [-0.05, 0) is 25.3 Å². The van der Waals surface area contributed by atoms with E-state index in [1.165, 1.54) is 30.9 Å². The second-order valence-electron chi connectivity index (χ2n) is 5.18. The Bertz CT molecular complexity index is 371. The van der Waals surface area contributed by atoms with Crippen molar-refractivity contribution in [3.8, 4) is 0 Å². The molecule has 16 heavy (non-hydrogen) atoms. The fourth-order valence-corrected chi connectivity index (χ4v) is 2.94. The van der Waals surface area contributed by atoms with Gasteiger partial charge in [0, 0.05) is 25.4 Å². The number of fused-ring (bicyclic) bond motifs is 1. The standard InChI is InChI=1S/C12H20N4/c1-9-7-13-8-10(9)12-15-14-11-5-3-2-4-6-16(11)12/h9-10,13H,2-8H2,1H3. The Morgan fingerprint density at radius 2 is 2.12 bits per heavy atom. The van der Waals surface area contributed by atoms with Crippen LogP contribution in [0.15, 0.2) is 0 Å². The zero-order valence-electron chi connectivity index (χ0n) is 9.95. The van der Waals surface area contributed by atoms with Gasteiger partial charge in [0.2, 0.25) is 0 Å². The molecule has 4 nitrogen and oxygen atoms in total. The fraction of sp³-hybridized carbons (Fsp3) is 0.833. The molecule has 88 valence electrons. The average Bonchev–Trinajstić information content (AvgIpc) is 2.78. The molecule has 3 rings (SSSR count). The van der Waals surface area contributed by atoms with Gasteiger partial charge in [-0.1, -0.05) is 13.3 Å². The fourth-order valence-electron chi connectivity index (χ4n) is 2.94. The van der Waals surface area contributed by atoms with Crippen molar-refractivity contribution < 1.29 is 0 Å². The van der Waals surface area contributed by atoms with Gasteiger partial charge in [-0.3, -0.25) is 0 Å². The summed E-state index contributed by atoms with van der Waals surface area (Å²) in [5.74, 6) is 3.71. The lowest BCUT2D eigenvalue weighted by Gasteiger charge is -2.15. The zero-order chi connectivity index (χ0) is 11.0. The Morgan fingerprint density at radius 1 is 1.19 bits per heavy atom. The number of hydrogen-bond acceptors (Lipinski definition) is 3. The van der Waals surface area contributed by atoms with Crippen LogP contribution < -0.4 is 5.32 Å². The maximum absolute atomic E-state index is 4.44. The van der Waals surface area contributed by atoms with Crippen molar-refractivity contribution >= 4 is 0 Å². The molecule has 2 atom stereocenters. The highest BCUT2D eigenvalue weighted by atomic mass is 15.3.